The summed E-state index contributed by atoms with van der Waals surface area (Å²) in [5.74, 6) is 0.912. The molecule has 1 aliphatic carbocycles. The number of nitrogens with one attached hydrogen (secondary N) is 2. The van der Waals surface area contributed by atoms with Gasteiger partial charge in [-0.2, -0.15) is 0 Å². The summed E-state index contributed by atoms with van der Waals surface area (Å²) in [5, 5.41) is 7.05. The van der Waals surface area contributed by atoms with E-state index in [1.165, 1.54) is 36.8 Å². The number of hydrogen-bond donors (Lipinski definition) is 2. The zero-order valence-corrected chi connectivity index (χ0v) is 18.1. The Bertz CT molecular complexity index is 595. The molecule has 2 N–H and O–H groups in total. The van der Waals surface area contributed by atoms with Crippen molar-refractivity contribution in [3.63, 3.8) is 0 Å². The average molecular weight is 469 g/mol. The van der Waals surface area contributed by atoms with Crippen LogP contribution in [0.25, 0.3) is 0 Å². The lowest BCUT2D eigenvalue weighted by molar-refractivity contribution is 0.153. The largest absolute Gasteiger partial charge is 0.377 e. The molecule has 1 heterocycles. The first kappa shape index (κ1) is 21.2. The number of ether oxygens (including phenoxy) is 1. The van der Waals surface area contributed by atoms with E-state index in [0.29, 0.717) is 0 Å². The van der Waals surface area contributed by atoms with Gasteiger partial charge in [0.1, 0.15) is 0 Å². The Hall–Kier alpha value is -1.08. The van der Waals surface area contributed by atoms with E-state index in [2.05, 4.69) is 52.0 Å². The molecule has 4 nitrogen and oxygen atoms in total. The topological polar surface area (TPSA) is 45.7 Å². The first-order valence-electron chi connectivity index (χ1n) is 9.58. The third kappa shape index (κ3) is 5.71. The second-order valence-electron chi connectivity index (χ2n) is 7.14. The van der Waals surface area contributed by atoms with E-state index in [1.807, 2.05) is 7.05 Å². The van der Waals surface area contributed by atoms with Crippen LogP contribution in [0.3, 0.4) is 0 Å². The standard InChI is InChI=1S/C21H31N3O.HI/c1-22-20(23-14-9-18-10-15-25-16-11-18)24-17-21(12-5-6-13-21)19-7-3-2-4-8-19;/h2-4,7-8,10H,5-6,9,11-17H2,1H3,(H2,22,23,24);1H. The molecule has 144 valence electrons. The third-order valence-electron chi connectivity index (χ3n) is 5.56. The molecule has 1 fully saturated rings. The van der Waals surface area contributed by atoms with E-state index >= 15 is 0 Å². The summed E-state index contributed by atoms with van der Waals surface area (Å²) in [5.41, 5.74) is 3.20. The number of aliphatic imine (C=N–C) groups is 1. The van der Waals surface area contributed by atoms with E-state index in [9.17, 15) is 0 Å². The maximum absolute atomic E-state index is 5.36. The Morgan fingerprint density at radius 1 is 1.15 bits per heavy atom. The molecule has 1 aromatic rings. The smallest absolute Gasteiger partial charge is 0.191 e. The van der Waals surface area contributed by atoms with Crippen molar-refractivity contribution in [2.24, 2.45) is 4.99 Å². The van der Waals surface area contributed by atoms with Crippen molar-refractivity contribution in [3.05, 3.63) is 47.5 Å². The van der Waals surface area contributed by atoms with E-state index in [0.717, 1.165) is 45.1 Å². The molecule has 2 aliphatic rings. The van der Waals surface area contributed by atoms with Crippen molar-refractivity contribution in [1.29, 1.82) is 0 Å². The molecule has 1 aromatic carbocycles. The molecule has 3 rings (SSSR count). The van der Waals surface area contributed by atoms with Gasteiger partial charge in [-0.15, -0.1) is 24.0 Å². The van der Waals surface area contributed by atoms with Crippen molar-refractivity contribution in [1.82, 2.24) is 10.6 Å². The SMILES string of the molecule is CN=C(NCCC1=CCOCC1)NCC1(c2ccccc2)CCCC1.I. The fraction of sp³-hybridized carbons (Fsp3) is 0.571. The molecule has 0 aromatic heterocycles. The number of nitrogens with zero attached hydrogens (tertiary/aromatic N) is 1. The fourth-order valence-corrected chi connectivity index (χ4v) is 4.02. The van der Waals surface area contributed by atoms with Gasteiger partial charge >= 0.3 is 0 Å². The Morgan fingerprint density at radius 2 is 1.92 bits per heavy atom. The van der Waals surface area contributed by atoms with Gasteiger partial charge in [0, 0.05) is 25.6 Å². The Labute approximate surface area is 174 Å². The molecule has 0 saturated heterocycles. The zero-order valence-electron chi connectivity index (χ0n) is 15.8. The van der Waals surface area contributed by atoms with Crippen LogP contribution in [0.1, 0.15) is 44.1 Å². The van der Waals surface area contributed by atoms with Crippen molar-refractivity contribution < 1.29 is 4.74 Å². The maximum Gasteiger partial charge on any atom is 0.191 e. The number of hydrogen-bond acceptors (Lipinski definition) is 2. The minimum absolute atomic E-state index is 0. The van der Waals surface area contributed by atoms with Crippen LogP contribution < -0.4 is 10.6 Å². The summed E-state index contributed by atoms with van der Waals surface area (Å²) in [6.07, 6.45) is 9.49. The molecular formula is C21H32IN3O. The summed E-state index contributed by atoms with van der Waals surface area (Å²) in [7, 11) is 1.85. The molecule has 0 unspecified atom stereocenters. The van der Waals surface area contributed by atoms with Crippen LogP contribution in [0, 0.1) is 0 Å². The predicted molar refractivity (Wildman–Crippen MR) is 120 cm³/mol. The minimum atomic E-state index is 0. The van der Waals surface area contributed by atoms with E-state index < -0.39 is 0 Å². The second-order valence-corrected chi connectivity index (χ2v) is 7.14. The monoisotopic (exact) mass is 469 g/mol. The summed E-state index contributed by atoms with van der Waals surface area (Å²) in [6.45, 7) is 3.50. The predicted octanol–water partition coefficient (Wildman–Crippen LogP) is 4.02. The Balaban J connectivity index is 0.00000243. The Morgan fingerprint density at radius 3 is 2.58 bits per heavy atom. The quantitative estimate of drug-likeness (QED) is 0.287. The van der Waals surface area contributed by atoms with Crippen LogP contribution in [0.4, 0.5) is 0 Å². The summed E-state index contributed by atoms with van der Waals surface area (Å²) in [4.78, 5) is 4.41. The number of guanidine groups is 1. The van der Waals surface area contributed by atoms with Crippen LogP contribution in [-0.2, 0) is 10.2 Å². The molecule has 0 amide bonds. The molecule has 0 radical (unpaired) electrons. The van der Waals surface area contributed by atoms with Gasteiger partial charge in [0.2, 0.25) is 0 Å². The highest BCUT2D eigenvalue weighted by Gasteiger charge is 2.35. The highest BCUT2D eigenvalue weighted by molar-refractivity contribution is 14.0. The van der Waals surface area contributed by atoms with Crippen molar-refractivity contribution in [3.8, 4) is 0 Å². The van der Waals surface area contributed by atoms with Gasteiger partial charge in [-0.25, -0.2) is 0 Å². The summed E-state index contributed by atoms with van der Waals surface area (Å²) in [6, 6.07) is 11.0. The van der Waals surface area contributed by atoms with Gasteiger partial charge < -0.3 is 15.4 Å². The zero-order chi connectivity index (χ0) is 17.4. The van der Waals surface area contributed by atoms with Gasteiger partial charge in [-0.05, 0) is 31.2 Å². The second kappa shape index (κ2) is 10.9. The van der Waals surface area contributed by atoms with E-state index in [1.54, 1.807) is 0 Å². The first-order valence-corrected chi connectivity index (χ1v) is 9.58. The molecular weight excluding hydrogens is 437 g/mol. The summed E-state index contributed by atoms with van der Waals surface area (Å²) < 4.78 is 5.36. The fourth-order valence-electron chi connectivity index (χ4n) is 4.02. The molecule has 0 bridgehead atoms. The van der Waals surface area contributed by atoms with Gasteiger partial charge in [0.15, 0.2) is 5.96 Å². The minimum Gasteiger partial charge on any atom is -0.377 e. The molecule has 1 saturated carbocycles. The van der Waals surface area contributed by atoms with Crippen molar-refractivity contribution in [2.75, 3.05) is 33.4 Å². The van der Waals surface area contributed by atoms with Crippen LogP contribution in [0.15, 0.2) is 47.0 Å². The molecule has 0 atom stereocenters. The molecule has 5 heteroatoms. The highest BCUT2D eigenvalue weighted by Crippen LogP contribution is 2.40. The van der Waals surface area contributed by atoms with E-state index in [-0.39, 0.29) is 29.4 Å². The van der Waals surface area contributed by atoms with Crippen LogP contribution >= 0.6 is 24.0 Å². The van der Waals surface area contributed by atoms with Gasteiger partial charge in [-0.3, -0.25) is 4.99 Å². The lowest BCUT2D eigenvalue weighted by Crippen LogP contribution is -2.45. The van der Waals surface area contributed by atoms with Gasteiger partial charge in [-0.1, -0.05) is 54.8 Å². The highest BCUT2D eigenvalue weighted by atomic mass is 127. The van der Waals surface area contributed by atoms with Crippen LogP contribution in [0.2, 0.25) is 0 Å². The Kier molecular flexibility index (Phi) is 8.91. The van der Waals surface area contributed by atoms with Gasteiger partial charge in [0.25, 0.3) is 0 Å². The van der Waals surface area contributed by atoms with Crippen molar-refractivity contribution >= 4 is 29.9 Å². The van der Waals surface area contributed by atoms with Gasteiger partial charge in [0.05, 0.1) is 13.2 Å². The molecule has 26 heavy (non-hydrogen) atoms. The lowest BCUT2D eigenvalue weighted by atomic mass is 9.79. The normalized spacial score (nSPS) is 19.4. The number of rotatable bonds is 6. The third-order valence-corrected chi connectivity index (χ3v) is 5.56. The number of halogens is 1. The summed E-state index contributed by atoms with van der Waals surface area (Å²) >= 11 is 0. The molecule has 1 aliphatic heterocycles. The van der Waals surface area contributed by atoms with Crippen LogP contribution in [-0.4, -0.2) is 39.3 Å². The number of benzene rings is 1. The first-order chi connectivity index (χ1) is 12.3. The van der Waals surface area contributed by atoms with Crippen molar-refractivity contribution in [2.45, 2.75) is 43.9 Å². The molecule has 0 spiro atoms. The maximum atomic E-state index is 5.36. The average Bonchev–Trinajstić information content (AvgIpc) is 3.16. The van der Waals surface area contributed by atoms with E-state index in [4.69, 9.17) is 4.74 Å². The lowest BCUT2D eigenvalue weighted by Gasteiger charge is -2.31. The van der Waals surface area contributed by atoms with Crippen LogP contribution in [0.5, 0.6) is 0 Å².